The minimum absolute atomic E-state index is 0.347. The second-order valence-electron chi connectivity index (χ2n) is 3.71. The first-order chi connectivity index (χ1) is 7.09. The maximum absolute atomic E-state index is 5.60. The van der Waals surface area contributed by atoms with Gasteiger partial charge in [0, 0.05) is 17.4 Å². The molecule has 1 aliphatic rings. The van der Waals surface area contributed by atoms with Crippen LogP contribution in [0.4, 0.5) is 0 Å². The van der Waals surface area contributed by atoms with Crippen LogP contribution in [0.1, 0.15) is 23.7 Å². The van der Waals surface area contributed by atoms with Crippen LogP contribution in [0, 0.1) is 5.92 Å². The molecule has 15 heavy (non-hydrogen) atoms. The number of hydrogen-bond acceptors (Lipinski definition) is 2. The zero-order valence-electron chi connectivity index (χ0n) is 8.17. The molecule has 0 aromatic carbocycles. The fraction of sp³-hybridized carbons (Fsp3) is 0.600. The van der Waals surface area contributed by atoms with E-state index >= 15 is 0 Å². The third-order valence-electron chi connectivity index (χ3n) is 2.79. The lowest BCUT2D eigenvalue weighted by molar-refractivity contribution is 0.105. The highest BCUT2D eigenvalue weighted by Gasteiger charge is 2.32. The van der Waals surface area contributed by atoms with Crippen LogP contribution in [0.15, 0.2) is 13.6 Å². The van der Waals surface area contributed by atoms with Crippen molar-refractivity contribution in [1.29, 1.82) is 0 Å². The van der Waals surface area contributed by atoms with Crippen LogP contribution in [0.5, 0.6) is 0 Å². The van der Waals surface area contributed by atoms with E-state index < -0.39 is 0 Å². The molecule has 1 nitrogen and oxygen atoms in total. The maximum Gasteiger partial charge on any atom is 0.0753 e. The van der Waals surface area contributed by atoms with E-state index in [1.807, 2.05) is 0 Å². The first-order valence-corrected chi connectivity index (χ1v) is 8.12. The minimum atomic E-state index is 0.347. The van der Waals surface area contributed by atoms with Crippen molar-refractivity contribution in [3.8, 4) is 0 Å². The summed E-state index contributed by atoms with van der Waals surface area (Å²) in [4.78, 5) is 0.381. The summed E-state index contributed by atoms with van der Waals surface area (Å²) in [7, 11) is 0. The lowest BCUT2D eigenvalue weighted by atomic mass is 9.95. The van der Waals surface area contributed by atoms with Crippen molar-refractivity contribution in [2.45, 2.75) is 24.3 Å². The fourth-order valence-corrected chi connectivity index (χ4v) is 6.35. The molecule has 5 heteroatoms. The zero-order valence-corrected chi connectivity index (χ0v) is 13.7. The number of halogens is 3. The zero-order chi connectivity index (χ0) is 11.0. The molecule has 1 saturated heterocycles. The topological polar surface area (TPSA) is 9.23 Å². The monoisotopic (exact) mass is 416 g/mol. The third kappa shape index (κ3) is 2.68. The van der Waals surface area contributed by atoms with E-state index in [0.717, 1.165) is 13.0 Å². The fourth-order valence-electron chi connectivity index (χ4n) is 1.90. The number of ether oxygens (including phenoxy) is 1. The van der Waals surface area contributed by atoms with Gasteiger partial charge in [0.15, 0.2) is 0 Å². The van der Waals surface area contributed by atoms with Gasteiger partial charge < -0.3 is 4.74 Å². The minimum Gasteiger partial charge on any atom is -0.378 e. The van der Waals surface area contributed by atoms with E-state index in [9.17, 15) is 0 Å². The van der Waals surface area contributed by atoms with Crippen molar-refractivity contribution in [3.05, 3.63) is 19.2 Å². The molecule has 0 spiro atoms. The normalized spacial score (nSPS) is 28.3. The van der Waals surface area contributed by atoms with Crippen molar-refractivity contribution in [3.63, 3.8) is 0 Å². The molecule has 2 rings (SSSR count). The van der Waals surface area contributed by atoms with Gasteiger partial charge >= 0.3 is 0 Å². The van der Waals surface area contributed by atoms with Crippen LogP contribution in [0.2, 0.25) is 0 Å². The predicted octanol–water partition coefficient (Wildman–Crippen LogP) is 5.13. The van der Waals surface area contributed by atoms with Gasteiger partial charge in [-0.1, -0.05) is 15.9 Å². The van der Waals surface area contributed by atoms with Gasteiger partial charge in [-0.15, -0.1) is 11.3 Å². The molecule has 2 heterocycles. The Bertz CT molecular complexity index is 352. The van der Waals surface area contributed by atoms with Gasteiger partial charge in [-0.3, -0.25) is 0 Å². The van der Waals surface area contributed by atoms with Gasteiger partial charge in [0.25, 0.3) is 0 Å². The Hall–Kier alpha value is 1.10. The molecule has 0 N–H and O–H groups in total. The standard InChI is InChI=1S/C10H11Br3OS/c1-5-6(2-3-14-5)9(12)7-4-8(11)15-10(7)13/h4-6,9H,2-3H2,1H3. The van der Waals surface area contributed by atoms with E-state index in [1.54, 1.807) is 11.3 Å². The van der Waals surface area contributed by atoms with Crippen molar-refractivity contribution in [2.75, 3.05) is 6.61 Å². The van der Waals surface area contributed by atoms with Gasteiger partial charge in [0.05, 0.1) is 13.7 Å². The van der Waals surface area contributed by atoms with Crippen molar-refractivity contribution < 1.29 is 4.74 Å². The lowest BCUT2D eigenvalue weighted by Crippen LogP contribution is -2.16. The second kappa shape index (κ2) is 5.17. The Kier molecular flexibility index (Phi) is 4.33. The molecule has 1 fully saturated rings. The summed E-state index contributed by atoms with van der Waals surface area (Å²) < 4.78 is 7.97. The van der Waals surface area contributed by atoms with Gasteiger partial charge in [-0.25, -0.2) is 0 Å². The third-order valence-corrected chi connectivity index (χ3v) is 6.35. The van der Waals surface area contributed by atoms with E-state index in [-0.39, 0.29) is 0 Å². The average molecular weight is 419 g/mol. The number of rotatable bonds is 2. The van der Waals surface area contributed by atoms with Gasteiger partial charge in [0.2, 0.25) is 0 Å². The SMILES string of the molecule is CC1OCCC1C(Br)c1cc(Br)sc1Br. The molecular weight excluding hydrogens is 408 g/mol. The Morgan fingerprint density at radius 2 is 2.27 bits per heavy atom. The number of thiophene rings is 1. The van der Waals surface area contributed by atoms with Gasteiger partial charge in [0.1, 0.15) is 0 Å². The average Bonchev–Trinajstić information content (AvgIpc) is 2.71. The van der Waals surface area contributed by atoms with E-state index in [1.165, 1.54) is 13.1 Å². The molecule has 0 aliphatic carbocycles. The molecule has 0 radical (unpaired) electrons. The Morgan fingerprint density at radius 1 is 1.53 bits per heavy atom. The molecule has 3 unspecified atom stereocenters. The molecule has 0 bridgehead atoms. The molecule has 1 aromatic heterocycles. The van der Waals surface area contributed by atoms with Crippen molar-refractivity contribution >= 4 is 59.1 Å². The highest BCUT2D eigenvalue weighted by molar-refractivity contribution is 9.12. The molecule has 3 atom stereocenters. The summed E-state index contributed by atoms with van der Waals surface area (Å²) >= 11 is 12.6. The summed E-state index contributed by atoms with van der Waals surface area (Å²) in [6.07, 6.45) is 1.48. The van der Waals surface area contributed by atoms with E-state index in [0.29, 0.717) is 16.8 Å². The van der Waals surface area contributed by atoms with Crippen LogP contribution in [0.25, 0.3) is 0 Å². The summed E-state index contributed by atoms with van der Waals surface area (Å²) in [5.41, 5.74) is 1.33. The molecule has 84 valence electrons. The van der Waals surface area contributed by atoms with Gasteiger partial charge in [-0.05, 0) is 56.8 Å². The smallest absolute Gasteiger partial charge is 0.0753 e. The van der Waals surface area contributed by atoms with Crippen LogP contribution in [0.3, 0.4) is 0 Å². The summed E-state index contributed by atoms with van der Waals surface area (Å²) in [6.45, 7) is 3.04. The largest absolute Gasteiger partial charge is 0.378 e. The first-order valence-electron chi connectivity index (χ1n) is 4.80. The lowest BCUT2D eigenvalue weighted by Gasteiger charge is -2.20. The maximum atomic E-state index is 5.60. The summed E-state index contributed by atoms with van der Waals surface area (Å²) in [5, 5.41) is 0. The molecule has 1 aliphatic heterocycles. The summed E-state index contributed by atoms with van der Waals surface area (Å²) in [5.74, 6) is 0.572. The Morgan fingerprint density at radius 3 is 2.73 bits per heavy atom. The number of hydrogen-bond donors (Lipinski definition) is 0. The number of alkyl halides is 1. The Labute approximate surface area is 119 Å². The second-order valence-corrected chi connectivity index (χ2v) is 8.45. The quantitative estimate of drug-likeness (QED) is 0.604. The van der Waals surface area contributed by atoms with Crippen LogP contribution < -0.4 is 0 Å². The van der Waals surface area contributed by atoms with Crippen LogP contribution in [-0.2, 0) is 4.74 Å². The van der Waals surface area contributed by atoms with E-state index in [2.05, 4.69) is 60.8 Å². The Balaban J connectivity index is 2.19. The van der Waals surface area contributed by atoms with E-state index in [4.69, 9.17) is 4.74 Å². The van der Waals surface area contributed by atoms with Crippen LogP contribution in [-0.4, -0.2) is 12.7 Å². The highest BCUT2D eigenvalue weighted by atomic mass is 79.9. The molecular formula is C10H11Br3OS. The molecule has 0 amide bonds. The van der Waals surface area contributed by atoms with Gasteiger partial charge in [-0.2, -0.15) is 0 Å². The van der Waals surface area contributed by atoms with Crippen molar-refractivity contribution in [1.82, 2.24) is 0 Å². The molecule has 0 saturated carbocycles. The first kappa shape index (κ1) is 12.6. The molecule has 1 aromatic rings. The van der Waals surface area contributed by atoms with Crippen LogP contribution >= 0.6 is 59.1 Å². The predicted molar refractivity (Wildman–Crippen MR) is 74.9 cm³/mol. The highest BCUT2D eigenvalue weighted by Crippen LogP contribution is 2.45. The summed E-state index contributed by atoms with van der Waals surface area (Å²) in [6, 6.07) is 2.18. The van der Waals surface area contributed by atoms with Crippen molar-refractivity contribution in [2.24, 2.45) is 5.92 Å².